The number of hydrogen-bond acceptors (Lipinski definition) is 4. The van der Waals surface area contributed by atoms with E-state index in [-0.39, 0.29) is 0 Å². The van der Waals surface area contributed by atoms with Gasteiger partial charge in [0.2, 0.25) is 0 Å². The number of nitrogens with one attached hydrogen (secondary N) is 1. The first-order valence-electron chi connectivity index (χ1n) is 6.60. The van der Waals surface area contributed by atoms with Gasteiger partial charge in [-0.1, -0.05) is 18.2 Å². The van der Waals surface area contributed by atoms with Gasteiger partial charge in [-0.3, -0.25) is 4.98 Å². The summed E-state index contributed by atoms with van der Waals surface area (Å²) >= 11 is 0. The first kappa shape index (κ1) is 14.3. The molecular weight excluding hydrogens is 252 g/mol. The van der Waals surface area contributed by atoms with Crippen molar-refractivity contribution in [2.45, 2.75) is 20.1 Å². The Morgan fingerprint density at radius 1 is 1.20 bits per heavy atom. The monoisotopic (exact) mass is 272 g/mol. The fraction of sp³-hybridized carbons (Fsp3) is 0.312. The van der Waals surface area contributed by atoms with Gasteiger partial charge in [0.15, 0.2) is 0 Å². The number of para-hydroxylation sites is 1. The van der Waals surface area contributed by atoms with Gasteiger partial charge in [-0.25, -0.2) is 0 Å². The van der Waals surface area contributed by atoms with Crippen LogP contribution in [0.3, 0.4) is 0 Å². The lowest BCUT2D eigenvalue weighted by atomic mass is 10.2. The van der Waals surface area contributed by atoms with Gasteiger partial charge in [-0.05, 0) is 20.0 Å². The highest BCUT2D eigenvalue weighted by atomic mass is 16.5. The van der Waals surface area contributed by atoms with Crippen LogP contribution in [0.1, 0.15) is 17.0 Å². The Hall–Kier alpha value is -2.07. The van der Waals surface area contributed by atoms with Crippen LogP contribution in [0.15, 0.2) is 36.4 Å². The Labute approximate surface area is 119 Å². The Morgan fingerprint density at radius 3 is 2.75 bits per heavy atom. The molecule has 0 aliphatic rings. The van der Waals surface area contributed by atoms with Crippen molar-refractivity contribution in [2.24, 2.45) is 0 Å². The van der Waals surface area contributed by atoms with Crippen molar-refractivity contribution >= 4 is 0 Å². The minimum atomic E-state index is 0.429. The van der Waals surface area contributed by atoms with Gasteiger partial charge < -0.3 is 14.8 Å². The molecule has 0 bridgehead atoms. The van der Waals surface area contributed by atoms with Gasteiger partial charge in [0.1, 0.15) is 18.1 Å². The third kappa shape index (κ3) is 3.71. The summed E-state index contributed by atoms with van der Waals surface area (Å²) in [6, 6.07) is 11.8. The summed E-state index contributed by atoms with van der Waals surface area (Å²) in [6.07, 6.45) is 0. The fourth-order valence-corrected chi connectivity index (χ4v) is 2.03. The molecule has 2 rings (SSSR count). The Kier molecular flexibility index (Phi) is 4.96. The van der Waals surface area contributed by atoms with E-state index in [0.29, 0.717) is 6.61 Å². The molecule has 0 radical (unpaired) electrons. The maximum absolute atomic E-state index is 5.87. The first-order chi connectivity index (χ1) is 9.72. The summed E-state index contributed by atoms with van der Waals surface area (Å²) in [5, 5.41) is 3.13. The van der Waals surface area contributed by atoms with E-state index >= 15 is 0 Å². The van der Waals surface area contributed by atoms with Gasteiger partial charge in [0.05, 0.1) is 12.8 Å². The molecule has 1 aromatic heterocycles. The Morgan fingerprint density at radius 2 is 2.00 bits per heavy atom. The molecule has 0 aliphatic carbocycles. The molecule has 4 nitrogen and oxygen atoms in total. The molecule has 0 fully saturated rings. The van der Waals surface area contributed by atoms with E-state index in [4.69, 9.17) is 9.47 Å². The first-order valence-corrected chi connectivity index (χ1v) is 6.60. The molecule has 4 heteroatoms. The standard InChI is InChI=1S/C16H20N2O2/c1-12-8-15(19-3)9-14(18-12)11-20-16-7-5-4-6-13(16)10-17-2/h4-9,17H,10-11H2,1-3H3. The molecule has 0 atom stereocenters. The van der Waals surface area contributed by atoms with E-state index in [1.165, 1.54) is 0 Å². The SMILES string of the molecule is CNCc1ccccc1OCc1cc(OC)cc(C)n1. The molecular formula is C16H20N2O2. The Bertz CT molecular complexity index is 570. The second-order valence-electron chi connectivity index (χ2n) is 4.57. The van der Waals surface area contributed by atoms with Crippen LogP contribution in [-0.4, -0.2) is 19.1 Å². The number of rotatable bonds is 6. The molecule has 0 amide bonds. The minimum absolute atomic E-state index is 0.429. The summed E-state index contributed by atoms with van der Waals surface area (Å²) < 4.78 is 11.1. The largest absolute Gasteiger partial charge is 0.497 e. The van der Waals surface area contributed by atoms with Crippen LogP contribution >= 0.6 is 0 Å². The van der Waals surface area contributed by atoms with E-state index in [9.17, 15) is 0 Å². The molecule has 0 spiro atoms. The summed E-state index contributed by atoms with van der Waals surface area (Å²) in [6.45, 7) is 3.15. The van der Waals surface area contributed by atoms with E-state index in [1.54, 1.807) is 7.11 Å². The number of ether oxygens (including phenoxy) is 2. The summed E-state index contributed by atoms with van der Waals surface area (Å²) in [5.41, 5.74) is 2.92. The number of nitrogens with zero attached hydrogens (tertiary/aromatic N) is 1. The predicted octanol–water partition coefficient (Wildman–Crippen LogP) is 2.70. The van der Waals surface area contributed by atoms with E-state index in [2.05, 4.69) is 16.4 Å². The van der Waals surface area contributed by atoms with Gasteiger partial charge >= 0.3 is 0 Å². The second kappa shape index (κ2) is 6.91. The fourth-order valence-electron chi connectivity index (χ4n) is 2.03. The number of hydrogen-bond donors (Lipinski definition) is 1. The molecule has 0 saturated heterocycles. The molecule has 0 saturated carbocycles. The zero-order chi connectivity index (χ0) is 14.4. The van der Waals surface area contributed by atoms with Crippen LogP contribution in [0.5, 0.6) is 11.5 Å². The van der Waals surface area contributed by atoms with Crippen LogP contribution in [0.25, 0.3) is 0 Å². The third-order valence-corrected chi connectivity index (χ3v) is 2.93. The molecule has 20 heavy (non-hydrogen) atoms. The summed E-state index contributed by atoms with van der Waals surface area (Å²) in [5.74, 6) is 1.68. The van der Waals surface area contributed by atoms with Gasteiger partial charge in [-0.2, -0.15) is 0 Å². The van der Waals surface area contributed by atoms with Crippen molar-refractivity contribution in [2.75, 3.05) is 14.2 Å². The van der Waals surface area contributed by atoms with Crippen molar-refractivity contribution in [3.63, 3.8) is 0 Å². The van der Waals surface area contributed by atoms with Crippen LogP contribution in [-0.2, 0) is 13.2 Å². The smallest absolute Gasteiger partial charge is 0.130 e. The van der Waals surface area contributed by atoms with E-state index < -0.39 is 0 Å². The summed E-state index contributed by atoms with van der Waals surface area (Å²) in [7, 11) is 3.57. The summed E-state index contributed by atoms with van der Waals surface area (Å²) in [4.78, 5) is 4.45. The molecule has 0 aliphatic heterocycles. The van der Waals surface area contributed by atoms with Gasteiger partial charge in [-0.15, -0.1) is 0 Å². The van der Waals surface area contributed by atoms with Crippen molar-refractivity contribution < 1.29 is 9.47 Å². The molecule has 1 heterocycles. The highest BCUT2D eigenvalue weighted by molar-refractivity contribution is 5.33. The average molecular weight is 272 g/mol. The molecule has 1 aromatic carbocycles. The molecule has 2 aromatic rings. The third-order valence-electron chi connectivity index (χ3n) is 2.93. The topological polar surface area (TPSA) is 43.4 Å². The Balaban J connectivity index is 2.10. The van der Waals surface area contributed by atoms with Crippen LogP contribution < -0.4 is 14.8 Å². The number of benzene rings is 1. The number of pyridine rings is 1. The number of aryl methyl sites for hydroxylation is 1. The lowest BCUT2D eigenvalue weighted by molar-refractivity contribution is 0.296. The van der Waals surface area contributed by atoms with Crippen LogP contribution in [0, 0.1) is 6.92 Å². The van der Waals surface area contributed by atoms with Gasteiger partial charge in [0.25, 0.3) is 0 Å². The minimum Gasteiger partial charge on any atom is -0.497 e. The molecule has 106 valence electrons. The molecule has 1 N–H and O–H groups in total. The second-order valence-corrected chi connectivity index (χ2v) is 4.57. The molecule has 0 unspecified atom stereocenters. The zero-order valence-electron chi connectivity index (χ0n) is 12.1. The quantitative estimate of drug-likeness (QED) is 0.878. The van der Waals surface area contributed by atoms with Crippen molar-refractivity contribution in [3.8, 4) is 11.5 Å². The maximum Gasteiger partial charge on any atom is 0.130 e. The average Bonchev–Trinajstić information content (AvgIpc) is 2.46. The van der Waals surface area contributed by atoms with E-state index in [0.717, 1.165) is 35.0 Å². The van der Waals surface area contributed by atoms with Crippen LogP contribution in [0.2, 0.25) is 0 Å². The van der Waals surface area contributed by atoms with Crippen molar-refractivity contribution in [3.05, 3.63) is 53.3 Å². The highest BCUT2D eigenvalue weighted by Crippen LogP contribution is 2.20. The highest BCUT2D eigenvalue weighted by Gasteiger charge is 2.05. The van der Waals surface area contributed by atoms with Crippen LogP contribution in [0.4, 0.5) is 0 Å². The van der Waals surface area contributed by atoms with Crippen molar-refractivity contribution in [1.29, 1.82) is 0 Å². The lowest BCUT2D eigenvalue weighted by Gasteiger charge is -2.12. The zero-order valence-corrected chi connectivity index (χ0v) is 12.1. The maximum atomic E-state index is 5.87. The predicted molar refractivity (Wildman–Crippen MR) is 79.1 cm³/mol. The lowest BCUT2D eigenvalue weighted by Crippen LogP contribution is -2.08. The van der Waals surface area contributed by atoms with Gasteiger partial charge in [0, 0.05) is 29.9 Å². The number of aromatic nitrogens is 1. The van der Waals surface area contributed by atoms with E-state index in [1.807, 2.05) is 44.3 Å². The van der Waals surface area contributed by atoms with Crippen molar-refractivity contribution in [1.82, 2.24) is 10.3 Å². The number of methoxy groups -OCH3 is 1. The normalized spacial score (nSPS) is 10.3.